The molecule has 22 heavy (non-hydrogen) atoms. The Labute approximate surface area is 131 Å². The molecule has 1 aliphatic rings. The second kappa shape index (κ2) is 9.42. The standard InChI is InChI=1S/C15H26N2O5/c1-10(2)9-11(5-4-7-16-15(19)20)13(18)17-12-6-8-22-14(12)21-3/h5,10,12,14,16H,4,6-9H2,1-3H3,(H,17,18)(H,19,20)/b11-5-/t12-,14?/m0/s1. The fraction of sp³-hybridized carbons (Fsp3) is 0.733. The van der Waals surface area contributed by atoms with E-state index in [4.69, 9.17) is 14.6 Å². The lowest BCUT2D eigenvalue weighted by atomic mass is 10.0. The fourth-order valence-corrected chi connectivity index (χ4v) is 2.33. The molecule has 7 heteroatoms. The van der Waals surface area contributed by atoms with E-state index in [0.29, 0.717) is 30.9 Å². The van der Waals surface area contributed by atoms with Gasteiger partial charge < -0.3 is 25.2 Å². The van der Waals surface area contributed by atoms with Gasteiger partial charge in [-0.15, -0.1) is 0 Å². The zero-order valence-electron chi connectivity index (χ0n) is 13.4. The molecule has 3 N–H and O–H groups in total. The van der Waals surface area contributed by atoms with E-state index in [0.717, 1.165) is 6.42 Å². The molecule has 1 aliphatic heterocycles. The fourth-order valence-electron chi connectivity index (χ4n) is 2.33. The second-order valence-corrected chi connectivity index (χ2v) is 5.69. The van der Waals surface area contributed by atoms with Gasteiger partial charge in [0.2, 0.25) is 5.91 Å². The van der Waals surface area contributed by atoms with Gasteiger partial charge in [0.05, 0.1) is 12.6 Å². The van der Waals surface area contributed by atoms with Crippen LogP contribution in [0.3, 0.4) is 0 Å². The summed E-state index contributed by atoms with van der Waals surface area (Å²) in [4.78, 5) is 22.8. The van der Waals surface area contributed by atoms with Crippen molar-refractivity contribution in [1.29, 1.82) is 0 Å². The second-order valence-electron chi connectivity index (χ2n) is 5.69. The van der Waals surface area contributed by atoms with Crippen LogP contribution in [0.4, 0.5) is 4.79 Å². The van der Waals surface area contributed by atoms with Crippen LogP contribution in [0.5, 0.6) is 0 Å². The zero-order chi connectivity index (χ0) is 16.5. The number of carboxylic acid groups (broad SMARTS) is 1. The van der Waals surface area contributed by atoms with E-state index in [1.807, 2.05) is 13.8 Å². The summed E-state index contributed by atoms with van der Waals surface area (Å²) in [6.07, 6.45) is 2.18. The van der Waals surface area contributed by atoms with Crippen LogP contribution in [0, 0.1) is 5.92 Å². The van der Waals surface area contributed by atoms with Crippen LogP contribution in [0.15, 0.2) is 11.6 Å². The summed E-state index contributed by atoms with van der Waals surface area (Å²) in [6.45, 7) is 4.92. The van der Waals surface area contributed by atoms with Crippen molar-refractivity contribution in [3.63, 3.8) is 0 Å². The number of rotatable bonds is 8. The molecule has 0 saturated carbocycles. The third-order valence-electron chi connectivity index (χ3n) is 3.32. The highest BCUT2D eigenvalue weighted by Crippen LogP contribution is 2.17. The first-order valence-corrected chi connectivity index (χ1v) is 7.55. The van der Waals surface area contributed by atoms with E-state index in [2.05, 4.69) is 10.6 Å². The van der Waals surface area contributed by atoms with Gasteiger partial charge in [0.25, 0.3) is 0 Å². The molecule has 0 spiro atoms. The summed E-state index contributed by atoms with van der Waals surface area (Å²) in [5.74, 6) is 0.198. The summed E-state index contributed by atoms with van der Waals surface area (Å²) in [7, 11) is 1.55. The van der Waals surface area contributed by atoms with Crippen molar-refractivity contribution >= 4 is 12.0 Å². The van der Waals surface area contributed by atoms with E-state index in [-0.39, 0.29) is 18.5 Å². The summed E-state index contributed by atoms with van der Waals surface area (Å²) < 4.78 is 10.5. The Balaban J connectivity index is 2.59. The van der Waals surface area contributed by atoms with E-state index < -0.39 is 12.4 Å². The Morgan fingerprint density at radius 3 is 2.77 bits per heavy atom. The van der Waals surface area contributed by atoms with Crippen LogP contribution in [-0.2, 0) is 14.3 Å². The molecule has 1 unspecified atom stereocenters. The molecular weight excluding hydrogens is 288 g/mol. The average molecular weight is 314 g/mol. The number of hydrogen-bond donors (Lipinski definition) is 3. The number of carbonyl (C=O) groups excluding carboxylic acids is 1. The summed E-state index contributed by atoms with van der Waals surface area (Å²) in [5, 5.41) is 13.8. The van der Waals surface area contributed by atoms with Crippen molar-refractivity contribution in [2.45, 2.75) is 45.4 Å². The van der Waals surface area contributed by atoms with Crippen molar-refractivity contribution in [2.24, 2.45) is 5.92 Å². The molecule has 1 rings (SSSR count). The lowest BCUT2D eigenvalue weighted by molar-refractivity contribution is -0.125. The average Bonchev–Trinajstić information content (AvgIpc) is 2.88. The quantitative estimate of drug-likeness (QED) is 0.466. The maximum atomic E-state index is 12.4. The number of methoxy groups -OCH3 is 1. The molecule has 126 valence electrons. The van der Waals surface area contributed by atoms with Crippen LogP contribution in [0.25, 0.3) is 0 Å². The lowest BCUT2D eigenvalue weighted by Crippen LogP contribution is -2.42. The highest BCUT2D eigenvalue weighted by atomic mass is 16.7. The van der Waals surface area contributed by atoms with Crippen molar-refractivity contribution in [3.8, 4) is 0 Å². The monoisotopic (exact) mass is 314 g/mol. The Bertz CT molecular complexity index is 409. The predicted octanol–water partition coefficient (Wildman–Crippen LogP) is 1.49. The number of carbonyl (C=O) groups is 2. The minimum absolute atomic E-state index is 0.137. The van der Waals surface area contributed by atoms with Gasteiger partial charge in [-0.3, -0.25) is 4.79 Å². The van der Waals surface area contributed by atoms with Gasteiger partial charge in [-0.1, -0.05) is 19.9 Å². The third kappa shape index (κ3) is 6.44. The Hall–Kier alpha value is -1.60. The molecule has 2 atom stereocenters. The highest BCUT2D eigenvalue weighted by Gasteiger charge is 2.30. The van der Waals surface area contributed by atoms with Crippen LogP contribution in [-0.4, -0.2) is 49.7 Å². The smallest absolute Gasteiger partial charge is 0.404 e. The van der Waals surface area contributed by atoms with Crippen molar-refractivity contribution < 1.29 is 24.2 Å². The maximum absolute atomic E-state index is 12.4. The Kier molecular flexibility index (Phi) is 7.90. The van der Waals surface area contributed by atoms with Gasteiger partial charge in [0.1, 0.15) is 0 Å². The van der Waals surface area contributed by atoms with E-state index in [1.165, 1.54) is 0 Å². The molecule has 1 saturated heterocycles. The Morgan fingerprint density at radius 2 is 2.18 bits per heavy atom. The molecule has 0 aromatic rings. The third-order valence-corrected chi connectivity index (χ3v) is 3.32. The predicted molar refractivity (Wildman–Crippen MR) is 81.5 cm³/mol. The minimum atomic E-state index is -1.06. The molecule has 0 aromatic heterocycles. The molecule has 0 bridgehead atoms. The summed E-state index contributed by atoms with van der Waals surface area (Å²) in [5.41, 5.74) is 0.670. The molecule has 7 nitrogen and oxygen atoms in total. The first-order chi connectivity index (χ1) is 10.4. The number of nitrogens with one attached hydrogen (secondary N) is 2. The van der Waals surface area contributed by atoms with Crippen LogP contribution in [0.2, 0.25) is 0 Å². The van der Waals surface area contributed by atoms with Gasteiger partial charge in [-0.25, -0.2) is 4.79 Å². The van der Waals surface area contributed by atoms with Gasteiger partial charge in [0.15, 0.2) is 6.29 Å². The normalized spacial score (nSPS) is 21.9. The summed E-state index contributed by atoms with van der Waals surface area (Å²) in [6, 6.07) is -0.148. The highest BCUT2D eigenvalue weighted by molar-refractivity contribution is 5.93. The van der Waals surface area contributed by atoms with Crippen LogP contribution >= 0.6 is 0 Å². The van der Waals surface area contributed by atoms with Gasteiger partial charge in [-0.05, 0) is 25.2 Å². The molecule has 0 aliphatic carbocycles. The van der Waals surface area contributed by atoms with Crippen LogP contribution in [0.1, 0.15) is 33.1 Å². The number of amides is 2. The van der Waals surface area contributed by atoms with Gasteiger partial charge >= 0.3 is 6.09 Å². The maximum Gasteiger partial charge on any atom is 0.404 e. The first-order valence-electron chi connectivity index (χ1n) is 7.55. The van der Waals surface area contributed by atoms with Gasteiger partial charge in [-0.2, -0.15) is 0 Å². The Morgan fingerprint density at radius 1 is 1.45 bits per heavy atom. The largest absolute Gasteiger partial charge is 0.465 e. The molecule has 0 aromatic carbocycles. The topological polar surface area (TPSA) is 96.9 Å². The molecular formula is C15H26N2O5. The van der Waals surface area contributed by atoms with E-state index >= 15 is 0 Å². The molecule has 0 radical (unpaired) electrons. The number of hydrogen-bond acceptors (Lipinski definition) is 4. The zero-order valence-corrected chi connectivity index (χ0v) is 13.4. The molecule has 1 heterocycles. The first kappa shape index (κ1) is 18.4. The van der Waals surface area contributed by atoms with Crippen molar-refractivity contribution in [1.82, 2.24) is 10.6 Å². The number of ether oxygens (including phenoxy) is 2. The van der Waals surface area contributed by atoms with Crippen LogP contribution < -0.4 is 10.6 Å². The molecule has 2 amide bonds. The summed E-state index contributed by atoms with van der Waals surface area (Å²) >= 11 is 0. The lowest BCUT2D eigenvalue weighted by Gasteiger charge is -2.20. The van der Waals surface area contributed by atoms with Crippen molar-refractivity contribution in [3.05, 3.63) is 11.6 Å². The van der Waals surface area contributed by atoms with Crippen molar-refractivity contribution in [2.75, 3.05) is 20.3 Å². The molecule has 1 fully saturated rings. The van der Waals surface area contributed by atoms with E-state index in [1.54, 1.807) is 13.2 Å². The SMILES string of the molecule is COC1OCC[C@@H]1NC(=O)/C(=C\CCNC(=O)O)CC(C)C. The van der Waals surface area contributed by atoms with Gasteiger partial charge in [0, 0.05) is 19.2 Å². The minimum Gasteiger partial charge on any atom is -0.465 e. The van der Waals surface area contributed by atoms with E-state index in [9.17, 15) is 9.59 Å².